The third-order valence-electron chi connectivity index (χ3n) is 4.31. The van der Waals surface area contributed by atoms with E-state index in [1.165, 1.54) is 0 Å². The van der Waals surface area contributed by atoms with Gasteiger partial charge in [0.1, 0.15) is 6.04 Å². The summed E-state index contributed by atoms with van der Waals surface area (Å²) in [5.41, 5.74) is 0. The van der Waals surface area contributed by atoms with Crippen molar-refractivity contribution in [1.29, 1.82) is 0 Å². The van der Waals surface area contributed by atoms with Crippen molar-refractivity contribution in [3.63, 3.8) is 0 Å². The number of hydrogen-bond acceptors (Lipinski definition) is 7. The summed E-state index contributed by atoms with van der Waals surface area (Å²) in [7, 11) is 0. The van der Waals surface area contributed by atoms with Crippen LogP contribution in [0.4, 0.5) is 4.79 Å². The highest BCUT2D eigenvalue weighted by Gasteiger charge is 2.30. The normalized spacial score (nSPS) is 22.1. The molecule has 2 saturated heterocycles. The zero-order valence-electron chi connectivity index (χ0n) is 13.2. The first-order valence-electron chi connectivity index (χ1n) is 8.03. The van der Waals surface area contributed by atoms with Crippen molar-refractivity contribution >= 4 is 17.4 Å². The maximum atomic E-state index is 11.7. The Labute approximate surface area is 143 Å². The van der Waals surface area contributed by atoms with E-state index in [0.29, 0.717) is 31.5 Å². The molecule has 4 rings (SSSR count). The van der Waals surface area contributed by atoms with E-state index in [1.54, 1.807) is 11.3 Å². The second kappa shape index (κ2) is 6.88. The Morgan fingerprint density at radius 1 is 1.38 bits per heavy atom. The maximum absolute atomic E-state index is 11.7. The molecule has 1 unspecified atom stereocenters. The fourth-order valence-corrected chi connectivity index (χ4v) is 3.63. The van der Waals surface area contributed by atoms with Crippen LogP contribution in [0.15, 0.2) is 22.0 Å². The van der Waals surface area contributed by atoms with Gasteiger partial charge in [-0.05, 0) is 11.4 Å². The van der Waals surface area contributed by atoms with Gasteiger partial charge in [0, 0.05) is 32.7 Å². The standard InChI is InChI=1S/C15H19N5O3S/c21-15-16-3-4-20(15)6-5-19-7-8-22-10-11(19)14-17-13(18-23-14)12-2-1-9-24-12/h1-2,9,11H,3-8,10H2,(H,16,21). The van der Waals surface area contributed by atoms with Crippen molar-refractivity contribution in [2.45, 2.75) is 6.04 Å². The predicted octanol–water partition coefficient (Wildman–Crippen LogP) is 1.20. The van der Waals surface area contributed by atoms with Gasteiger partial charge in [-0.3, -0.25) is 4.90 Å². The highest BCUT2D eigenvalue weighted by molar-refractivity contribution is 7.13. The smallest absolute Gasteiger partial charge is 0.317 e. The van der Waals surface area contributed by atoms with E-state index in [2.05, 4.69) is 20.4 Å². The Morgan fingerprint density at radius 3 is 3.12 bits per heavy atom. The lowest BCUT2D eigenvalue weighted by atomic mass is 10.2. The number of urea groups is 1. The van der Waals surface area contributed by atoms with E-state index in [9.17, 15) is 4.79 Å². The van der Waals surface area contributed by atoms with E-state index in [0.717, 1.165) is 31.1 Å². The molecule has 2 aromatic heterocycles. The van der Waals surface area contributed by atoms with Crippen LogP contribution in [-0.4, -0.2) is 71.9 Å². The van der Waals surface area contributed by atoms with Gasteiger partial charge >= 0.3 is 6.03 Å². The molecule has 0 aliphatic carbocycles. The highest BCUT2D eigenvalue weighted by Crippen LogP contribution is 2.27. The highest BCUT2D eigenvalue weighted by atomic mass is 32.1. The van der Waals surface area contributed by atoms with E-state index >= 15 is 0 Å². The molecule has 0 bridgehead atoms. The summed E-state index contributed by atoms with van der Waals surface area (Å²) in [5.74, 6) is 1.19. The van der Waals surface area contributed by atoms with Gasteiger partial charge in [0.2, 0.25) is 11.7 Å². The number of ether oxygens (including phenoxy) is 1. The molecule has 1 N–H and O–H groups in total. The SMILES string of the molecule is O=C1NCCN1CCN1CCOCC1c1nc(-c2cccs2)no1. The summed E-state index contributed by atoms with van der Waals surface area (Å²) in [5, 5.41) is 8.90. The Bertz CT molecular complexity index is 689. The fraction of sp³-hybridized carbons (Fsp3) is 0.533. The van der Waals surface area contributed by atoms with Crippen LogP contribution in [0.3, 0.4) is 0 Å². The Balaban J connectivity index is 1.44. The number of nitrogens with zero attached hydrogens (tertiary/aromatic N) is 4. The van der Waals surface area contributed by atoms with E-state index in [-0.39, 0.29) is 12.1 Å². The number of aromatic nitrogens is 2. The summed E-state index contributed by atoms with van der Waals surface area (Å²) < 4.78 is 11.1. The zero-order valence-corrected chi connectivity index (χ0v) is 14.0. The molecule has 2 aliphatic heterocycles. The minimum Gasteiger partial charge on any atom is -0.378 e. The molecule has 0 spiro atoms. The third kappa shape index (κ3) is 3.14. The number of thiophene rings is 1. The summed E-state index contributed by atoms with van der Waals surface area (Å²) in [6, 6.07) is 3.89. The lowest BCUT2D eigenvalue weighted by molar-refractivity contribution is -0.0214. The van der Waals surface area contributed by atoms with Gasteiger partial charge in [-0.2, -0.15) is 4.98 Å². The van der Waals surface area contributed by atoms with Crippen molar-refractivity contribution in [3.05, 3.63) is 23.4 Å². The maximum Gasteiger partial charge on any atom is 0.317 e. The van der Waals surface area contributed by atoms with Gasteiger partial charge in [0.15, 0.2) is 0 Å². The van der Waals surface area contributed by atoms with E-state index in [1.807, 2.05) is 22.4 Å². The van der Waals surface area contributed by atoms with Crippen molar-refractivity contribution in [2.75, 3.05) is 45.9 Å². The lowest BCUT2D eigenvalue weighted by Crippen LogP contribution is -2.44. The Morgan fingerprint density at radius 2 is 2.33 bits per heavy atom. The number of amides is 2. The van der Waals surface area contributed by atoms with Crippen molar-refractivity contribution in [2.24, 2.45) is 0 Å². The fourth-order valence-electron chi connectivity index (χ4n) is 2.98. The van der Waals surface area contributed by atoms with Gasteiger partial charge in [0.25, 0.3) is 0 Å². The molecule has 2 fully saturated rings. The number of morpholine rings is 1. The van der Waals surface area contributed by atoms with Crippen LogP contribution in [0, 0.1) is 0 Å². The average molecular weight is 349 g/mol. The van der Waals surface area contributed by atoms with E-state index < -0.39 is 0 Å². The van der Waals surface area contributed by atoms with Crippen molar-refractivity contribution in [3.8, 4) is 10.7 Å². The minimum absolute atomic E-state index is 0.0116. The molecule has 2 aromatic rings. The molecule has 128 valence electrons. The molecular formula is C15H19N5O3S. The van der Waals surface area contributed by atoms with Crippen LogP contribution in [0.5, 0.6) is 0 Å². The summed E-state index contributed by atoms with van der Waals surface area (Å²) in [6.45, 7) is 4.92. The van der Waals surface area contributed by atoms with Crippen LogP contribution in [0.1, 0.15) is 11.9 Å². The van der Waals surface area contributed by atoms with Crippen LogP contribution < -0.4 is 5.32 Å². The summed E-state index contributed by atoms with van der Waals surface area (Å²) >= 11 is 1.58. The minimum atomic E-state index is -0.0642. The summed E-state index contributed by atoms with van der Waals surface area (Å²) in [6.07, 6.45) is 0. The number of hydrogen-bond donors (Lipinski definition) is 1. The molecule has 0 radical (unpaired) electrons. The first-order valence-corrected chi connectivity index (χ1v) is 8.91. The first kappa shape index (κ1) is 15.6. The molecule has 4 heterocycles. The molecule has 24 heavy (non-hydrogen) atoms. The topological polar surface area (TPSA) is 83.7 Å². The molecular weight excluding hydrogens is 330 g/mol. The number of carbonyl (C=O) groups excluding carboxylic acids is 1. The van der Waals surface area contributed by atoms with Crippen LogP contribution in [0.2, 0.25) is 0 Å². The lowest BCUT2D eigenvalue weighted by Gasteiger charge is -2.34. The molecule has 2 aliphatic rings. The van der Waals surface area contributed by atoms with Crippen molar-refractivity contribution < 1.29 is 14.1 Å². The van der Waals surface area contributed by atoms with Gasteiger partial charge in [0.05, 0.1) is 18.1 Å². The quantitative estimate of drug-likeness (QED) is 0.873. The monoisotopic (exact) mass is 349 g/mol. The van der Waals surface area contributed by atoms with Gasteiger partial charge in [-0.1, -0.05) is 11.2 Å². The molecule has 2 amide bonds. The number of nitrogens with one attached hydrogen (secondary N) is 1. The van der Waals surface area contributed by atoms with Crippen LogP contribution in [0.25, 0.3) is 10.7 Å². The summed E-state index contributed by atoms with van der Waals surface area (Å²) in [4.78, 5) is 21.3. The van der Waals surface area contributed by atoms with Gasteiger partial charge in [-0.15, -0.1) is 11.3 Å². The van der Waals surface area contributed by atoms with Gasteiger partial charge in [-0.25, -0.2) is 4.79 Å². The van der Waals surface area contributed by atoms with Gasteiger partial charge < -0.3 is 19.5 Å². The average Bonchev–Trinajstić information content (AvgIpc) is 3.35. The molecule has 0 aromatic carbocycles. The molecule has 1 atom stereocenters. The number of rotatable bonds is 5. The largest absolute Gasteiger partial charge is 0.378 e. The van der Waals surface area contributed by atoms with Crippen LogP contribution in [-0.2, 0) is 4.74 Å². The van der Waals surface area contributed by atoms with E-state index in [4.69, 9.17) is 9.26 Å². The second-order valence-corrected chi connectivity index (χ2v) is 6.73. The predicted molar refractivity (Wildman–Crippen MR) is 87.7 cm³/mol. The third-order valence-corrected chi connectivity index (χ3v) is 5.18. The Hall–Kier alpha value is -1.97. The molecule has 9 heteroatoms. The first-order chi connectivity index (χ1) is 11.8. The zero-order chi connectivity index (χ0) is 16.4. The number of carbonyl (C=O) groups is 1. The van der Waals surface area contributed by atoms with Crippen molar-refractivity contribution in [1.82, 2.24) is 25.3 Å². The molecule has 0 saturated carbocycles. The second-order valence-electron chi connectivity index (χ2n) is 5.78. The molecule has 8 nitrogen and oxygen atoms in total. The Kier molecular flexibility index (Phi) is 4.46. The van der Waals surface area contributed by atoms with Crippen LogP contribution >= 0.6 is 11.3 Å².